The van der Waals surface area contributed by atoms with Gasteiger partial charge in [-0.25, -0.2) is 0 Å². The standard InChI is InChI=1S/C15H24N2O3/c1-10(2)14(16)15(18)17-9-11(3)20-13-8-6-5-7-12(13)19-4/h5-8,10-11,14H,9,16H2,1-4H3,(H,17,18)/t11?,14-/m0/s1. The number of hydrogen-bond acceptors (Lipinski definition) is 4. The molecular weight excluding hydrogens is 256 g/mol. The van der Waals surface area contributed by atoms with Crippen LogP contribution in [-0.4, -0.2) is 31.7 Å². The molecule has 0 saturated heterocycles. The van der Waals surface area contributed by atoms with Crippen LogP contribution in [0.25, 0.3) is 0 Å². The summed E-state index contributed by atoms with van der Waals surface area (Å²) in [4.78, 5) is 11.7. The van der Waals surface area contributed by atoms with Crippen LogP contribution in [0.4, 0.5) is 0 Å². The van der Waals surface area contributed by atoms with Gasteiger partial charge in [-0.1, -0.05) is 26.0 Å². The van der Waals surface area contributed by atoms with Crippen molar-refractivity contribution in [3.05, 3.63) is 24.3 Å². The Hall–Kier alpha value is -1.75. The van der Waals surface area contributed by atoms with Gasteiger partial charge in [-0.2, -0.15) is 0 Å². The smallest absolute Gasteiger partial charge is 0.237 e. The number of nitrogens with one attached hydrogen (secondary N) is 1. The quantitative estimate of drug-likeness (QED) is 0.795. The summed E-state index contributed by atoms with van der Waals surface area (Å²) in [5.74, 6) is 1.28. The highest BCUT2D eigenvalue weighted by Gasteiger charge is 2.18. The van der Waals surface area contributed by atoms with Gasteiger partial charge < -0.3 is 20.5 Å². The minimum absolute atomic E-state index is 0.112. The predicted octanol–water partition coefficient (Wildman–Crippen LogP) is 1.56. The fourth-order valence-corrected chi connectivity index (χ4v) is 1.64. The van der Waals surface area contributed by atoms with Crippen LogP contribution in [0.3, 0.4) is 0 Å². The molecule has 1 amide bonds. The number of ether oxygens (including phenoxy) is 2. The molecule has 20 heavy (non-hydrogen) atoms. The number of nitrogens with two attached hydrogens (primary N) is 1. The summed E-state index contributed by atoms with van der Waals surface area (Å²) in [7, 11) is 1.59. The van der Waals surface area contributed by atoms with E-state index in [1.807, 2.05) is 45.0 Å². The van der Waals surface area contributed by atoms with Gasteiger partial charge in [0.15, 0.2) is 11.5 Å². The Bertz CT molecular complexity index is 435. The highest BCUT2D eigenvalue weighted by molar-refractivity contribution is 5.81. The molecule has 0 aliphatic heterocycles. The van der Waals surface area contributed by atoms with Crippen molar-refractivity contribution >= 4 is 5.91 Å². The summed E-state index contributed by atoms with van der Waals surface area (Å²) in [6, 6.07) is 6.91. The molecule has 0 fully saturated rings. The predicted molar refractivity (Wildman–Crippen MR) is 78.9 cm³/mol. The lowest BCUT2D eigenvalue weighted by atomic mass is 10.1. The molecule has 0 aliphatic rings. The van der Waals surface area contributed by atoms with Gasteiger partial charge in [0.1, 0.15) is 6.10 Å². The molecule has 5 nitrogen and oxygen atoms in total. The Labute approximate surface area is 120 Å². The Morgan fingerprint density at radius 3 is 2.40 bits per heavy atom. The first-order valence-corrected chi connectivity index (χ1v) is 6.78. The zero-order valence-electron chi connectivity index (χ0n) is 12.6. The highest BCUT2D eigenvalue weighted by atomic mass is 16.5. The lowest BCUT2D eigenvalue weighted by molar-refractivity contribution is -0.123. The highest BCUT2D eigenvalue weighted by Crippen LogP contribution is 2.26. The molecule has 1 unspecified atom stereocenters. The van der Waals surface area contributed by atoms with E-state index >= 15 is 0 Å². The fraction of sp³-hybridized carbons (Fsp3) is 0.533. The van der Waals surface area contributed by atoms with Crippen LogP contribution in [0.1, 0.15) is 20.8 Å². The molecule has 0 radical (unpaired) electrons. The largest absolute Gasteiger partial charge is 0.493 e. The maximum absolute atomic E-state index is 11.7. The number of hydrogen-bond donors (Lipinski definition) is 2. The van der Waals surface area contributed by atoms with E-state index in [2.05, 4.69) is 5.32 Å². The van der Waals surface area contributed by atoms with Crippen molar-refractivity contribution in [3.8, 4) is 11.5 Å². The monoisotopic (exact) mass is 280 g/mol. The Balaban J connectivity index is 2.48. The molecule has 1 aromatic rings. The summed E-state index contributed by atoms with van der Waals surface area (Å²) in [5, 5.41) is 2.79. The molecule has 0 heterocycles. The van der Waals surface area contributed by atoms with Crippen LogP contribution in [-0.2, 0) is 4.79 Å². The van der Waals surface area contributed by atoms with Gasteiger partial charge in [0.05, 0.1) is 19.7 Å². The van der Waals surface area contributed by atoms with Crippen LogP contribution in [0.15, 0.2) is 24.3 Å². The third-order valence-electron chi connectivity index (χ3n) is 2.98. The van der Waals surface area contributed by atoms with E-state index in [4.69, 9.17) is 15.2 Å². The Morgan fingerprint density at radius 2 is 1.85 bits per heavy atom. The molecule has 2 atom stereocenters. The molecule has 1 aromatic carbocycles. The summed E-state index contributed by atoms with van der Waals surface area (Å²) in [6.07, 6.45) is -0.172. The van der Waals surface area contributed by atoms with Crippen molar-refractivity contribution in [2.75, 3.05) is 13.7 Å². The topological polar surface area (TPSA) is 73.6 Å². The van der Waals surface area contributed by atoms with Crippen LogP contribution in [0, 0.1) is 5.92 Å². The first-order chi connectivity index (χ1) is 9.45. The second kappa shape index (κ2) is 7.75. The molecule has 0 aliphatic carbocycles. The third-order valence-corrected chi connectivity index (χ3v) is 2.98. The van der Waals surface area contributed by atoms with Gasteiger partial charge in [0.2, 0.25) is 5.91 Å². The summed E-state index contributed by atoms with van der Waals surface area (Å²) < 4.78 is 11.0. The second-order valence-corrected chi connectivity index (χ2v) is 5.09. The van der Waals surface area contributed by atoms with Gasteiger partial charge in [-0.15, -0.1) is 0 Å². The van der Waals surface area contributed by atoms with E-state index in [0.717, 1.165) is 0 Å². The number of carbonyl (C=O) groups excluding carboxylic acids is 1. The van der Waals surface area contributed by atoms with Crippen LogP contribution in [0.5, 0.6) is 11.5 Å². The first kappa shape index (κ1) is 16.3. The van der Waals surface area contributed by atoms with E-state index in [1.54, 1.807) is 7.11 Å². The van der Waals surface area contributed by atoms with E-state index in [9.17, 15) is 4.79 Å². The molecule has 1 rings (SSSR count). The van der Waals surface area contributed by atoms with Crippen LogP contribution in [0.2, 0.25) is 0 Å². The number of rotatable bonds is 7. The van der Waals surface area contributed by atoms with Crippen molar-refractivity contribution in [1.82, 2.24) is 5.32 Å². The lowest BCUT2D eigenvalue weighted by Gasteiger charge is -2.19. The van der Waals surface area contributed by atoms with Crippen molar-refractivity contribution in [2.45, 2.75) is 32.9 Å². The number of para-hydroxylation sites is 2. The number of benzene rings is 1. The van der Waals surface area contributed by atoms with Gasteiger partial charge in [0, 0.05) is 0 Å². The molecule has 0 spiro atoms. The van der Waals surface area contributed by atoms with Gasteiger partial charge in [-0.3, -0.25) is 4.79 Å². The second-order valence-electron chi connectivity index (χ2n) is 5.09. The summed E-state index contributed by atoms with van der Waals surface area (Å²) in [5.41, 5.74) is 5.77. The van der Waals surface area contributed by atoms with Gasteiger partial charge >= 0.3 is 0 Å². The van der Waals surface area contributed by atoms with Crippen LogP contribution < -0.4 is 20.5 Å². The molecule has 0 aromatic heterocycles. The first-order valence-electron chi connectivity index (χ1n) is 6.78. The maximum Gasteiger partial charge on any atom is 0.237 e. The number of methoxy groups -OCH3 is 1. The van der Waals surface area contributed by atoms with E-state index < -0.39 is 6.04 Å². The average molecular weight is 280 g/mol. The SMILES string of the molecule is COc1ccccc1OC(C)CNC(=O)[C@@H](N)C(C)C. The third kappa shape index (κ3) is 4.74. The normalized spacial score (nSPS) is 13.7. The zero-order valence-corrected chi connectivity index (χ0v) is 12.6. The van der Waals surface area contributed by atoms with E-state index in [-0.39, 0.29) is 17.9 Å². The van der Waals surface area contributed by atoms with E-state index in [1.165, 1.54) is 0 Å². The molecular formula is C15H24N2O3. The van der Waals surface area contributed by atoms with Crippen LogP contribution >= 0.6 is 0 Å². The molecule has 112 valence electrons. The minimum Gasteiger partial charge on any atom is -0.493 e. The summed E-state index contributed by atoms with van der Waals surface area (Å²) >= 11 is 0. The van der Waals surface area contributed by atoms with Crippen molar-refractivity contribution < 1.29 is 14.3 Å². The minimum atomic E-state index is -0.492. The average Bonchev–Trinajstić information content (AvgIpc) is 2.44. The maximum atomic E-state index is 11.7. The number of amides is 1. The lowest BCUT2D eigenvalue weighted by Crippen LogP contribution is -2.46. The zero-order chi connectivity index (χ0) is 15.1. The summed E-state index contributed by atoms with van der Waals surface area (Å²) in [6.45, 7) is 6.11. The fourth-order valence-electron chi connectivity index (χ4n) is 1.64. The Kier molecular flexibility index (Phi) is 6.31. The number of carbonyl (C=O) groups is 1. The van der Waals surface area contributed by atoms with Crippen molar-refractivity contribution in [3.63, 3.8) is 0 Å². The molecule has 0 bridgehead atoms. The van der Waals surface area contributed by atoms with E-state index in [0.29, 0.717) is 18.0 Å². The van der Waals surface area contributed by atoms with Crippen molar-refractivity contribution in [1.29, 1.82) is 0 Å². The molecule has 5 heteroatoms. The van der Waals surface area contributed by atoms with Gasteiger partial charge in [0.25, 0.3) is 0 Å². The molecule has 0 saturated carbocycles. The van der Waals surface area contributed by atoms with Gasteiger partial charge in [-0.05, 0) is 25.0 Å². The van der Waals surface area contributed by atoms with Crippen molar-refractivity contribution in [2.24, 2.45) is 11.7 Å². The molecule has 3 N–H and O–H groups in total. The Morgan fingerprint density at radius 1 is 1.25 bits per heavy atom.